The van der Waals surface area contributed by atoms with Crippen molar-refractivity contribution in [3.05, 3.63) is 90.4 Å². The van der Waals surface area contributed by atoms with E-state index in [1.165, 1.54) is 12.1 Å². The van der Waals surface area contributed by atoms with Crippen molar-refractivity contribution in [2.45, 2.75) is 50.7 Å². The summed E-state index contributed by atoms with van der Waals surface area (Å²) < 4.78 is 16.1. The van der Waals surface area contributed by atoms with E-state index in [4.69, 9.17) is 10.7 Å². The smallest absolute Gasteiger partial charge is 0.245 e. The summed E-state index contributed by atoms with van der Waals surface area (Å²) in [5.74, 6) is 0.0265. The van der Waals surface area contributed by atoms with Gasteiger partial charge in [-0.25, -0.2) is 9.37 Å². The molecule has 5 aromatic rings. The lowest BCUT2D eigenvalue weighted by atomic mass is 9.98. The van der Waals surface area contributed by atoms with Crippen molar-refractivity contribution in [1.82, 2.24) is 24.8 Å². The van der Waals surface area contributed by atoms with Crippen LogP contribution in [0.5, 0.6) is 0 Å². The maximum Gasteiger partial charge on any atom is 0.245 e. The Morgan fingerprint density at radius 2 is 1.79 bits per heavy atom. The lowest BCUT2D eigenvalue weighted by Crippen LogP contribution is -2.57. The first-order valence-corrected chi connectivity index (χ1v) is 14.4. The number of fused-ring (bicyclic) bond motifs is 2. The number of amides is 2. The zero-order valence-electron chi connectivity index (χ0n) is 23.8. The summed E-state index contributed by atoms with van der Waals surface area (Å²) in [4.78, 5) is 36.8. The fourth-order valence-electron chi connectivity index (χ4n) is 5.86. The first kappa shape index (κ1) is 27.7. The van der Waals surface area contributed by atoms with Crippen LogP contribution in [-0.2, 0) is 16.0 Å². The normalized spacial score (nSPS) is 15.3. The van der Waals surface area contributed by atoms with Crippen LogP contribution in [0.1, 0.15) is 38.3 Å². The van der Waals surface area contributed by atoms with Crippen molar-refractivity contribution in [2.24, 2.45) is 5.73 Å². The minimum absolute atomic E-state index is 0.152. The van der Waals surface area contributed by atoms with Gasteiger partial charge in [-0.15, -0.1) is 0 Å². The van der Waals surface area contributed by atoms with Gasteiger partial charge >= 0.3 is 0 Å². The number of benzene rings is 3. The van der Waals surface area contributed by atoms with E-state index in [1.807, 2.05) is 41.3 Å². The SMILES string of the molecule is CC(C)(N)C(=O)NC(Cc1c[nH]c2cc(F)ccc12)C(=O)N1CCC(n2c(-c3ccccc3)nc3ccccc32)CC1. The van der Waals surface area contributed by atoms with Crippen molar-refractivity contribution in [3.8, 4) is 11.4 Å². The van der Waals surface area contributed by atoms with Crippen LogP contribution in [0.25, 0.3) is 33.3 Å². The molecule has 0 bridgehead atoms. The molecule has 2 aromatic heterocycles. The first-order valence-electron chi connectivity index (χ1n) is 14.4. The van der Waals surface area contributed by atoms with E-state index in [0.717, 1.165) is 46.2 Å². The van der Waals surface area contributed by atoms with Crippen LogP contribution in [0.15, 0.2) is 79.0 Å². The standard InChI is InChI=1S/C33H35FN6O2/c1-33(2,35)32(42)38-28(18-22-20-36-27-19-23(34)12-13-25(22)27)31(41)39-16-14-24(15-17-39)40-29-11-7-6-10-26(29)37-30(40)21-8-4-3-5-9-21/h3-13,19-20,24,28,36H,14-18,35H2,1-2H3,(H,38,42). The molecule has 1 fully saturated rings. The number of halogens is 1. The number of nitrogens with zero attached hydrogens (tertiary/aromatic N) is 3. The Balaban J connectivity index is 1.24. The number of para-hydroxylation sites is 2. The summed E-state index contributed by atoms with van der Waals surface area (Å²) in [5, 5.41) is 3.72. The van der Waals surface area contributed by atoms with E-state index in [9.17, 15) is 14.0 Å². The molecule has 0 spiro atoms. The number of aromatic amines is 1. The van der Waals surface area contributed by atoms with Crippen molar-refractivity contribution in [1.29, 1.82) is 0 Å². The number of nitrogens with one attached hydrogen (secondary N) is 2. The highest BCUT2D eigenvalue weighted by atomic mass is 19.1. The van der Waals surface area contributed by atoms with Gasteiger partial charge in [0.05, 0.1) is 16.6 Å². The topological polar surface area (TPSA) is 109 Å². The number of hydrogen-bond acceptors (Lipinski definition) is 4. The fourth-order valence-corrected chi connectivity index (χ4v) is 5.86. The molecule has 216 valence electrons. The van der Waals surface area contributed by atoms with Gasteiger partial charge in [0.2, 0.25) is 11.8 Å². The maximum atomic E-state index is 14.0. The molecule has 42 heavy (non-hydrogen) atoms. The van der Waals surface area contributed by atoms with E-state index >= 15 is 0 Å². The number of aromatic nitrogens is 3. The molecular weight excluding hydrogens is 531 g/mol. The van der Waals surface area contributed by atoms with Gasteiger partial charge in [-0.05, 0) is 62.6 Å². The Bertz CT molecular complexity index is 1750. The molecule has 8 nitrogen and oxygen atoms in total. The van der Waals surface area contributed by atoms with Crippen LogP contribution in [0.3, 0.4) is 0 Å². The van der Waals surface area contributed by atoms with E-state index < -0.39 is 17.5 Å². The van der Waals surface area contributed by atoms with E-state index in [0.29, 0.717) is 18.6 Å². The van der Waals surface area contributed by atoms with Crippen molar-refractivity contribution in [3.63, 3.8) is 0 Å². The number of hydrogen-bond donors (Lipinski definition) is 3. The molecule has 0 saturated carbocycles. The van der Waals surface area contributed by atoms with Gasteiger partial charge < -0.3 is 25.5 Å². The Morgan fingerprint density at radius 1 is 1.07 bits per heavy atom. The monoisotopic (exact) mass is 566 g/mol. The van der Waals surface area contributed by atoms with Gasteiger partial charge in [0.15, 0.2) is 0 Å². The zero-order valence-corrected chi connectivity index (χ0v) is 23.8. The molecule has 4 N–H and O–H groups in total. The predicted octanol–water partition coefficient (Wildman–Crippen LogP) is 4.95. The summed E-state index contributed by atoms with van der Waals surface area (Å²) in [6.45, 7) is 4.32. The van der Waals surface area contributed by atoms with Crippen LogP contribution >= 0.6 is 0 Å². The molecule has 1 aliphatic rings. The lowest BCUT2D eigenvalue weighted by molar-refractivity contribution is -0.138. The van der Waals surface area contributed by atoms with Gasteiger partial charge in [0.1, 0.15) is 17.7 Å². The van der Waals surface area contributed by atoms with Crippen LogP contribution < -0.4 is 11.1 Å². The number of rotatable bonds is 7. The minimum atomic E-state index is -1.15. The summed E-state index contributed by atoms with van der Waals surface area (Å²) >= 11 is 0. The van der Waals surface area contributed by atoms with Crippen molar-refractivity contribution in [2.75, 3.05) is 13.1 Å². The van der Waals surface area contributed by atoms with Crippen LogP contribution in [0, 0.1) is 5.82 Å². The molecule has 1 atom stereocenters. The third kappa shape index (κ3) is 5.39. The van der Waals surface area contributed by atoms with Crippen molar-refractivity contribution >= 4 is 33.8 Å². The third-order valence-corrected chi connectivity index (χ3v) is 8.11. The second-order valence-corrected chi connectivity index (χ2v) is 11.7. The van der Waals surface area contributed by atoms with Crippen molar-refractivity contribution < 1.29 is 14.0 Å². The molecule has 1 aliphatic heterocycles. The van der Waals surface area contributed by atoms with E-state index in [1.54, 1.807) is 26.1 Å². The van der Waals surface area contributed by atoms with Crippen LogP contribution in [0.2, 0.25) is 0 Å². The number of carbonyl (C=O) groups is 2. The molecule has 3 heterocycles. The quantitative estimate of drug-likeness (QED) is 0.259. The Kier molecular flexibility index (Phi) is 7.28. The number of imidazole rings is 1. The number of nitrogens with two attached hydrogens (primary N) is 1. The summed E-state index contributed by atoms with van der Waals surface area (Å²) in [6, 6.07) is 22.2. The highest BCUT2D eigenvalue weighted by Crippen LogP contribution is 2.33. The average Bonchev–Trinajstić information content (AvgIpc) is 3.57. The first-order chi connectivity index (χ1) is 20.2. The second-order valence-electron chi connectivity index (χ2n) is 11.7. The van der Waals surface area contributed by atoms with E-state index in [2.05, 4.69) is 33.1 Å². The number of piperidine rings is 1. The molecular formula is C33H35FN6O2. The summed E-state index contributed by atoms with van der Waals surface area (Å²) in [6.07, 6.45) is 3.53. The number of likely N-dealkylation sites (tertiary alicyclic amines) is 1. The van der Waals surface area contributed by atoms with Gasteiger partial charge in [0, 0.05) is 48.2 Å². The lowest BCUT2D eigenvalue weighted by Gasteiger charge is -2.36. The van der Waals surface area contributed by atoms with Crippen LogP contribution in [-0.4, -0.2) is 55.9 Å². The molecule has 3 aromatic carbocycles. The molecule has 1 unspecified atom stereocenters. The highest BCUT2D eigenvalue weighted by Gasteiger charge is 2.34. The van der Waals surface area contributed by atoms with Gasteiger partial charge in [-0.1, -0.05) is 42.5 Å². The Morgan fingerprint density at radius 3 is 2.52 bits per heavy atom. The summed E-state index contributed by atoms with van der Waals surface area (Å²) in [7, 11) is 0. The number of carbonyl (C=O) groups excluding carboxylic acids is 2. The highest BCUT2D eigenvalue weighted by molar-refractivity contribution is 5.92. The Hall–Kier alpha value is -4.50. The number of H-pyrrole nitrogens is 1. The largest absolute Gasteiger partial charge is 0.361 e. The maximum absolute atomic E-state index is 14.0. The van der Waals surface area contributed by atoms with Gasteiger partial charge in [-0.2, -0.15) is 0 Å². The zero-order chi connectivity index (χ0) is 29.4. The molecule has 1 saturated heterocycles. The van der Waals surface area contributed by atoms with Gasteiger partial charge in [0.25, 0.3) is 0 Å². The summed E-state index contributed by atoms with van der Waals surface area (Å²) in [5.41, 5.74) is 9.47. The molecule has 0 aliphatic carbocycles. The molecule has 9 heteroatoms. The average molecular weight is 567 g/mol. The molecule has 0 radical (unpaired) electrons. The third-order valence-electron chi connectivity index (χ3n) is 8.11. The van der Waals surface area contributed by atoms with Gasteiger partial charge in [-0.3, -0.25) is 9.59 Å². The minimum Gasteiger partial charge on any atom is -0.361 e. The predicted molar refractivity (Wildman–Crippen MR) is 162 cm³/mol. The fraction of sp³-hybridized carbons (Fsp3) is 0.303. The second kappa shape index (κ2) is 11.1. The molecule has 6 rings (SSSR count). The van der Waals surface area contributed by atoms with E-state index in [-0.39, 0.29) is 24.2 Å². The van der Waals surface area contributed by atoms with Crippen LogP contribution in [0.4, 0.5) is 4.39 Å². The Labute approximate surface area is 243 Å². The molecule has 2 amide bonds.